The number of H-pyrrole nitrogens is 1. The van der Waals surface area contributed by atoms with Gasteiger partial charge in [0.2, 0.25) is 5.88 Å². The van der Waals surface area contributed by atoms with Gasteiger partial charge in [0.15, 0.2) is 0 Å². The summed E-state index contributed by atoms with van der Waals surface area (Å²) in [6, 6.07) is 0. The van der Waals surface area contributed by atoms with Crippen LogP contribution in [0.1, 0.15) is 5.56 Å². The predicted molar refractivity (Wildman–Crippen MR) is 27.9 cm³/mol. The van der Waals surface area contributed by atoms with E-state index in [2.05, 4.69) is 14.9 Å². The van der Waals surface area contributed by atoms with E-state index in [1.807, 2.05) is 0 Å². The van der Waals surface area contributed by atoms with Crippen LogP contribution >= 0.6 is 0 Å². The van der Waals surface area contributed by atoms with E-state index >= 15 is 0 Å². The molecule has 0 radical (unpaired) electrons. The molecule has 4 nitrogen and oxygen atoms in total. The first-order valence-electron chi connectivity index (χ1n) is 2.59. The van der Waals surface area contributed by atoms with Crippen molar-refractivity contribution in [2.24, 2.45) is 0 Å². The maximum atomic E-state index is 10.5. The lowest BCUT2D eigenvalue weighted by Crippen LogP contribution is -2.01. The highest BCUT2D eigenvalue weighted by atomic mass is 16.5. The highest BCUT2D eigenvalue weighted by Gasteiger charge is 2.21. The summed E-state index contributed by atoms with van der Waals surface area (Å²) in [6.07, 6.45) is 1.95. The molecular formula is C5H4N2O2. The van der Waals surface area contributed by atoms with Crippen LogP contribution in [0.25, 0.3) is 0 Å². The topological polar surface area (TPSA) is 55.0 Å². The second-order valence-electron chi connectivity index (χ2n) is 1.88. The number of rotatable bonds is 0. The van der Waals surface area contributed by atoms with Gasteiger partial charge >= 0.3 is 5.97 Å². The van der Waals surface area contributed by atoms with Crippen LogP contribution in [0.4, 0.5) is 0 Å². The minimum absolute atomic E-state index is 0.210. The summed E-state index contributed by atoms with van der Waals surface area (Å²) in [5.41, 5.74) is 0.847. The molecule has 2 heterocycles. The zero-order valence-corrected chi connectivity index (χ0v) is 4.55. The van der Waals surface area contributed by atoms with Gasteiger partial charge in [-0.25, -0.2) is 5.10 Å². The number of carbonyl (C=O) groups excluding carboxylic acids is 1. The molecule has 4 heteroatoms. The number of nitrogens with zero attached hydrogens (tertiary/aromatic N) is 1. The van der Waals surface area contributed by atoms with Gasteiger partial charge in [0.1, 0.15) is 0 Å². The SMILES string of the molecule is O=C1Cc2cn[nH]c2O1. The Balaban J connectivity index is 2.49. The highest BCUT2D eigenvalue weighted by molar-refractivity contribution is 5.79. The van der Waals surface area contributed by atoms with E-state index < -0.39 is 0 Å². The lowest BCUT2D eigenvalue weighted by molar-refractivity contribution is -0.132. The number of nitrogens with one attached hydrogen (secondary N) is 1. The van der Waals surface area contributed by atoms with Gasteiger partial charge in [-0.15, -0.1) is 0 Å². The van der Waals surface area contributed by atoms with Gasteiger partial charge in [-0.2, -0.15) is 5.10 Å². The van der Waals surface area contributed by atoms with E-state index in [1.165, 1.54) is 0 Å². The third kappa shape index (κ3) is 0.526. The molecule has 1 N–H and O–H groups in total. The average Bonchev–Trinajstić information content (AvgIpc) is 2.22. The Bertz CT molecular complexity index is 231. The molecule has 0 bridgehead atoms. The molecule has 0 spiro atoms. The van der Waals surface area contributed by atoms with Gasteiger partial charge in [0.05, 0.1) is 12.6 Å². The smallest absolute Gasteiger partial charge is 0.317 e. The molecule has 0 saturated carbocycles. The maximum absolute atomic E-state index is 10.5. The number of aromatic amines is 1. The van der Waals surface area contributed by atoms with Gasteiger partial charge in [-0.3, -0.25) is 4.79 Å². The van der Waals surface area contributed by atoms with Crippen LogP contribution in [0, 0.1) is 0 Å². The van der Waals surface area contributed by atoms with E-state index in [-0.39, 0.29) is 5.97 Å². The minimum atomic E-state index is -0.210. The van der Waals surface area contributed by atoms with Crippen molar-refractivity contribution in [2.45, 2.75) is 6.42 Å². The fraction of sp³-hybridized carbons (Fsp3) is 0.200. The number of fused-ring (bicyclic) bond motifs is 1. The molecule has 0 atom stereocenters. The fourth-order valence-corrected chi connectivity index (χ4v) is 0.819. The molecule has 0 saturated heterocycles. The molecule has 46 valence electrons. The van der Waals surface area contributed by atoms with E-state index in [9.17, 15) is 4.79 Å². The third-order valence-corrected chi connectivity index (χ3v) is 1.23. The number of carbonyl (C=O) groups is 1. The van der Waals surface area contributed by atoms with Crippen molar-refractivity contribution >= 4 is 5.97 Å². The van der Waals surface area contributed by atoms with Crippen molar-refractivity contribution in [2.75, 3.05) is 0 Å². The molecule has 9 heavy (non-hydrogen) atoms. The Hall–Kier alpha value is -1.32. The molecule has 0 unspecified atom stereocenters. The first kappa shape index (κ1) is 4.55. The van der Waals surface area contributed by atoms with Crippen molar-refractivity contribution in [3.63, 3.8) is 0 Å². The second-order valence-corrected chi connectivity index (χ2v) is 1.88. The number of hydrogen-bond acceptors (Lipinski definition) is 3. The Morgan fingerprint density at radius 2 is 2.67 bits per heavy atom. The molecule has 0 aromatic carbocycles. The zero-order valence-electron chi connectivity index (χ0n) is 4.55. The summed E-state index contributed by atoms with van der Waals surface area (Å²) in [4.78, 5) is 10.5. The molecule has 2 rings (SSSR count). The fourth-order valence-electron chi connectivity index (χ4n) is 0.819. The quantitative estimate of drug-likeness (QED) is 0.490. The van der Waals surface area contributed by atoms with Crippen LogP contribution in [0.5, 0.6) is 5.88 Å². The van der Waals surface area contributed by atoms with Crippen molar-refractivity contribution in [3.8, 4) is 5.88 Å². The Morgan fingerprint density at radius 1 is 1.78 bits per heavy atom. The van der Waals surface area contributed by atoms with Crippen molar-refractivity contribution in [1.29, 1.82) is 0 Å². The lowest BCUT2D eigenvalue weighted by atomic mass is 10.3. The number of ether oxygens (including phenoxy) is 1. The van der Waals surface area contributed by atoms with Crippen LogP contribution in [-0.2, 0) is 11.2 Å². The summed E-state index contributed by atoms with van der Waals surface area (Å²) in [5.74, 6) is 0.290. The summed E-state index contributed by atoms with van der Waals surface area (Å²) in [5, 5.41) is 6.23. The van der Waals surface area contributed by atoms with Crippen LogP contribution in [0.15, 0.2) is 6.20 Å². The molecule has 1 aliphatic heterocycles. The molecule has 0 aliphatic carbocycles. The lowest BCUT2D eigenvalue weighted by Gasteiger charge is -1.85. The number of esters is 1. The Kier molecular flexibility index (Phi) is 0.677. The monoisotopic (exact) mass is 124 g/mol. The van der Waals surface area contributed by atoms with E-state index in [0.29, 0.717) is 12.3 Å². The maximum Gasteiger partial charge on any atom is 0.317 e. The average molecular weight is 124 g/mol. The zero-order chi connectivity index (χ0) is 6.27. The number of aromatic nitrogens is 2. The van der Waals surface area contributed by atoms with Crippen LogP contribution in [-0.4, -0.2) is 16.2 Å². The summed E-state index contributed by atoms with van der Waals surface area (Å²) < 4.78 is 4.69. The van der Waals surface area contributed by atoms with Gasteiger partial charge < -0.3 is 4.74 Å². The van der Waals surface area contributed by atoms with Gasteiger partial charge in [-0.05, 0) is 0 Å². The van der Waals surface area contributed by atoms with E-state index in [4.69, 9.17) is 0 Å². The first-order valence-corrected chi connectivity index (χ1v) is 2.59. The molecule has 0 fully saturated rings. The van der Waals surface area contributed by atoms with E-state index in [0.717, 1.165) is 5.56 Å². The predicted octanol–water partition coefficient (Wildman–Crippen LogP) is -0.129. The molecular weight excluding hydrogens is 120 g/mol. The third-order valence-electron chi connectivity index (χ3n) is 1.23. The van der Waals surface area contributed by atoms with Crippen molar-refractivity contribution in [1.82, 2.24) is 10.2 Å². The van der Waals surface area contributed by atoms with Gasteiger partial charge in [0.25, 0.3) is 0 Å². The summed E-state index contributed by atoms with van der Waals surface area (Å²) >= 11 is 0. The molecule has 1 aromatic rings. The second kappa shape index (κ2) is 1.34. The summed E-state index contributed by atoms with van der Waals surface area (Å²) in [6.45, 7) is 0. The normalized spacial score (nSPS) is 15.3. The Morgan fingerprint density at radius 3 is 3.44 bits per heavy atom. The standard InChI is InChI=1S/C5H4N2O2/c8-4-1-3-2-6-7-5(3)9-4/h2H,1H2,(H,6,7). The largest absolute Gasteiger partial charge is 0.407 e. The van der Waals surface area contributed by atoms with Gasteiger partial charge in [0, 0.05) is 5.56 Å². The number of hydrogen-bond donors (Lipinski definition) is 1. The highest BCUT2D eigenvalue weighted by Crippen LogP contribution is 2.20. The Labute approximate surface area is 50.8 Å². The van der Waals surface area contributed by atoms with Gasteiger partial charge in [-0.1, -0.05) is 0 Å². The van der Waals surface area contributed by atoms with Crippen LogP contribution in [0.3, 0.4) is 0 Å². The first-order chi connectivity index (χ1) is 4.36. The molecule has 1 aromatic heterocycles. The van der Waals surface area contributed by atoms with E-state index in [1.54, 1.807) is 6.20 Å². The summed E-state index contributed by atoms with van der Waals surface area (Å²) in [7, 11) is 0. The molecule has 1 aliphatic rings. The molecule has 0 amide bonds. The van der Waals surface area contributed by atoms with Crippen molar-refractivity contribution < 1.29 is 9.53 Å². The van der Waals surface area contributed by atoms with Crippen molar-refractivity contribution in [3.05, 3.63) is 11.8 Å². The minimum Gasteiger partial charge on any atom is -0.407 e. The van der Waals surface area contributed by atoms with Crippen LogP contribution in [0.2, 0.25) is 0 Å². The van der Waals surface area contributed by atoms with Crippen LogP contribution < -0.4 is 4.74 Å².